The molecule has 0 bridgehead atoms. The van der Waals surface area contributed by atoms with Gasteiger partial charge in [-0.1, -0.05) is 0 Å². The summed E-state index contributed by atoms with van der Waals surface area (Å²) in [5.41, 5.74) is 1.10. The zero-order valence-corrected chi connectivity index (χ0v) is 11.0. The van der Waals surface area contributed by atoms with Gasteiger partial charge in [0, 0.05) is 37.9 Å². The lowest BCUT2D eigenvalue weighted by molar-refractivity contribution is -0.121. The van der Waals surface area contributed by atoms with Gasteiger partial charge in [-0.15, -0.1) is 0 Å². The molecule has 2 rings (SSSR count). The number of amides is 1. The van der Waals surface area contributed by atoms with Gasteiger partial charge in [-0.2, -0.15) is 5.10 Å². The van der Waals surface area contributed by atoms with E-state index >= 15 is 0 Å². The third-order valence-electron chi connectivity index (χ3n) is 3.51. The second-order valence-corrected chi connectivity index (χ2v) is 4.88. The first-order valence-electron chi connectivity index (χ1n) is 6.72. The molecular weight excluding hydrogens is 228 g/mol. The first-order valence-corrected chi connectivity index (χ1v) is 6.72. The molecule has 1 amide bonds. The summed E-state index contributed by atoms with van der Waals surface area (Å²) in [5.74, 6) is 0.134. The molecule has 0 spiro atoms. The number of carbonyl (C=O) groups is 1. The SMILES string of the molecule is Cn1nccc1CCC(=O)NCC[C@@H]1CCCN1. The van der Waals surface area contributed by atoms with Crippen molar-refractivity contribution in [2.45, 2.75) is 38.1 Å². The van der Waals surface area contributed by atoms with E-state index in [1.54, 1.807) is 6.20 Å². The Morgan fingerprint density at radius 2 is 2.56 bits per heavy atom. The number of hydrogen-bond acceptors (Lipinski definition) is 3. The van der Waals surface area contributed by atoms with Crippen LogP contribution in [-0.2, 0) is 18.3 Å². The molecule has 5 nitrogen and oxygen atoms in total. The summed E-state index contributed by atoms with van der Waals surface area (Å²) >= 11 is 0. The summed E-state index contributed by atoms with van der Waals surface area (Å²) in [6.45, 7) is 1.90. The molecule has 1 fully saturated rings. The maximum absolute atomic E-state index is 11.7. The monoisotopic (exact) mass is 250 g/mol. The predicted octanol–water partition coefficient (Wildman–Crippen LogP) is 0.611. The van der Waals surface area contributed by atoms with Crippen LogP contribution in [0.15, 0.2) is 12.3 Å². The Morgan fingerprint density at radius 1 is 1.67 bits per heavy atom. The van der Waals surface area contributed by atoms with Gasteiger partial charge in [-0.25, -0.2) is 0 Å². The first kappa shape index (κ1) is 13.1. The molecule has 0 aliphatic carbocycles. The number of rotatable bonds is 6. The third kappa shape index (κ3) is 3.84. The third-order valence-corrected chi connectivity index (χ3v) is 3.51. The molecule has 0 radical (unpaired) electrons. The Morgan fingerprint density at radius 3 is 3.22 bits per heavy atom. The van der Waals surface area contributed by atoms with E-state index in [0.29, 0.717) is 12.5 Å². The quantitative estimate of drug-likeness (QED) is 0.778. The molecule has 1 aromatic heterocycles. The Kier molecular flexibility index (Phi) is 4.75. The van der Waals surface area contributed by atoms with Gasteiger partial charge >= 0.3 is 0 Å². The second kappa shape index (κ2) is 6.54. The minimum atomic E-state index is 0.134. The van der Waals surface area contributed by atoms with Crippen LogP contribution in [0.5, 0.6) is 0 Å². The maximum atomic E-state index is 11.7. The van der Waals surface area contributed by atoms with Crippen LogP contribution in [0, 0.1) is 0 Å². The van der Waals surface area contributed by atoms with E-state index in [4.69, 9.17) is 0 Å². The average Bonchev–Trinajstić information content (AvgIpc) is 2.98. The minimum absolute atomic E-state index is 0.134. The molecule has 2 heterocycles. The molecule has 2 N–H and O–H groups in total. The summed E-state index contributed by atoms with van der Waals surface area (Å²) in [4.78, 5) is 11.7. The van der Waals surface area contributed by atoms with Crippen molar-refractivity contribution in [3.8, 4) is 0 Å². The van der Waals surface area contributed by atoms with Crippen LogP contribution in [-0.4, -0.2) is 34.8 Å². The Bertz CT molecular complexity index is 382. The van der Waals surface area contributed by atoms with E-state index in [9.17, 15) is 4.79 Å². The van der Waals surface area contributed by atoms with Crippen LogP contribution < -0.4 is 10.6 Å². The first-order chi connectivity index (χ1) is 8.75. The molecule has 1 aliphatic rings. The summed E-state index contributed by atoms with van der Waals surface area (Å²) in [6, 6.07) is 2.55. The molecule has 0 aromatic carbocycles. The number of nitrogens with one attached hydrogen (secondary N) is 2. The summed E-state index contributed by atoms with van der Waals surface area (Å²) in [7, 11) is 1.90. The van der Waals surface area contributed by atoms with Crippen LogP contribution in [0.25, 0.3) is 0 Å². The van der Waals surface area contributed by atoms with Crippen LogP contribution in [0.2, 0.25) is 0 Å². The number of aromatic nitrogens is 2. The van der Waals surface area contributed by atoms with Crippen molar-refractivity contribution in [3.63, 3.8) is 0 Å². The summed E-state index contributed by atoms with van der Waals surface area (Å²) < 4.78 is 1.82. The number of nitrogens with zero attached hydrogens (tertiary/aromatic N) is 2. The molecule has 0 saturated carbocycles. The van der Waals surface area contributed by atoms with Gasteiger partial charge in [-0.3, -0.25) is 9.48 Å². The average molecular weight is 250 g/mol. The molecule has 1 atom stereocenters. The molecule has 0 unspecified atom stereocenters. The van der Waals surface area contributed by atoms with Gasteiger partial charge in [0.1, 0.15) is 0 Å². The van der Waals surface area contributed by atoms with Gasteiger partial charge in [0.05, 0.1) is 0 Å². The summed E-state index contributed by atoms with van der Waals surface area (Å²) in [5, 5.41) is 10.5. The lowest BCUT2D eigenvalue weighted by Crippen LogP contribution is -2.30. The van der Waals surface area contributed by atoms with E-state index in [2.05, 4.69) is 15.7 Å². The summed E-state index contributed by atoms with van der Waals surface area (Å²) in [6.07, 6.45) is 6.60. The smallest absolute Gasteiger partial charge is 0.220 e. The number of aryl methyl sites for hydroxylation is 2. The Hall–Kier alpha value is -1.36. The fraction of sp³-hybridized carbons (Fsp3) is 0.692. The van der Waals surface area contributed by atoms with E-state index in [-0.39, 0.29) is 5.91 Å². The van der Waals surface area contributed by atoms with Crippen molar-refractivity contribution < 1.29 is 4.79 Å². The highest BCUT2D eigenvalue weighted by Crippen LogP contribution is 2.07. The largest absolute Gasteiger partial charge is 0.356 e. The predicted molar refractivity (Wildman–Crippen MR) is 70.2 cm³/mol. The maximum Gasteiger partial charge on any atom is 0.220 e. The van der Waals surface area contributed by atoms with Crippen LogP contribution in [0.4, 0.5) is 0 Å². The van der Waals surface area contributed by atoms with Crippen molar-refractivity contribution in [2.24, 2.45) is 7.05 Å². The van der Waals surface area contributed by atoms with Crippen molar-refractivity contribution in [1.29, 1.82) is 0 Å². The number of carbonyl (C=O) groups excluding carboxylic acids is 1. The van der Waals surface area contributed by atoms with Crippen LogP contribution in [0.1, 0.15) is 31.4 Å². The molecule has 5 heteroatoms. The highest BCUT2D eigenvalue weighted by atomic mass is 16.1. The van der Waals surface area contributed by atoms with Gasteiger partial charge in [0.2, 0.25) is 5.91 Å². The molecule has 1 aliphatic heterocycles. The lowest BCUT2D eigenvalue weighted by Gasteiger charge is -2.10. The molecule has 1 saturated heterocycles. The van der Waals surface area contributed by atoms with Crippen molar-refractivity contribution in [2.75, 3.05) is 13.1 Å². The van der Waals surface area contributed by atoms with E-state index in [0.717, 1.165) is 31.6 Å². The van der Waals surface area contributed by atoms with Gasteiger partial charge in [0.15, 0.2) is 0 Å². The molecular formula is C13H22N4O. The number of hydrogen-bond donors (Lipinski definition) is 2. The molecule has 1 aromatic rings. The van der Waals surface area contributed by atoms with Crippen LogP contribution in [0.3, 0.4) is 0 Å². The minimum Gasteiger partial charge on any atom is -0.356 e. The van der Waals surface area contributed by atoms with Crippen molar-refractivity contribution in [3.05, 3.63) is 18.0 Å². The standard InChI is InChI=1S/C13H22N4O/c1-17-12(7-10-16-17)4-5-13(18)15-9-6-11-3-2-8-14-11/h7,10-11,14H,2-6,8-9H2,1H3,(H,15,18)/t11-/m0/s1. The normalized spacial score (nSPS) is 19.1. The Labute approximate surface area is 108 Å². The topological polar surface area (TPSA) is 59.0 Å². The van der Waals surface area contributed by atoms with Gasteiger partial charge in [0.25, 0.3) is 0 Å². The molecule has 100 valence electrons. The Balaban J connectivity index is 1.59. The fourth-order valence-electron chi connectivity index (χ4n) is 2.37. The lowest BCUT2D eigenvalue weighted by atomic mass is 10.1. The highest BCUT2D eigenvalue weighted by Gasteiger charge is 2.13. The fourth-order valence-corrected chi connectivity index (χ4v) is 2.37. The van der Waals surface area contributed by atoms with Crippen molar-refractivity contribution >= 4 is 5.91 Å². The van der Waals surface area contributed by atoms with E-state index in [1.165, 1.54) is 12.8 Å². The zero-order chi connectivity index (χ0) is 12.8. The van der Waals surface area contributed by atoms with Crippen molar-refractivity contribution in [1.82, 2.24) is 20.4 Å². The molecule has 18 heavy (non-hydrogen) atoms. The van der Waals surface area contributed by atoms with Crippen LogP contribution >= 0.6 is 0 Å². The van der Waals surface area contributed by atoms with E-state index in [1.807, 2.05) is 17.8 Å². The zero-order valence-electron chi connectivity index (χ0n) is 11.0. The highest BCUT2D eigenvalue weighted by molar-refractivity contribution is 5.76. The van der Waals surface area contributed by atoms with Gasteiger partial charge in [-0.05, 0) is 38.3 Å². The second-order valence-electron chi connectivity index (χ2n) is 4.88. The van der Waals surface area contributed by atoms with Gasteiger partial charge < -0.3 is 10.6 Å². The van der Waals surface area contributed by atoms with E-state index < -0.39 is 0 Å².